The number of rotatable bonds is 5. The quantitative estimate of drug-likeness (QED) is 0.718. The molecule has 3 amide bonds. The van der Waals surface area contributed by atoms with Gasteiger partial charge in [0.25, 0.3) is 5.91 Å². The lowest BCUT2D eigenvalue weighted by atomic mass is 9.90. The lowest BCUT2D eigenvalue weighted by molar-refractivity contribution is -0.146. The summed E-state index contributed by atoms with van der Waals surface area (Å²) in [5.41, 5.74) is 0.590. The van der Waals surface area contributed by atoms with Gasteiger partial charge in [0.05, 0.1) is 18.2 Å². The van der Waals surface area contributed by atoms with Gasteiger partial charge in [-0.3, -0.25) is 9.59 Å². The molecule has 152 valence electrons. The SMILES string of the molecule is COc1ccccc1NC(=O)c1ccc(NC(=O)N2CCC(C)(C(=O)O)C2)cc1. The summed E-state index contributed by atoms with van der Waals surface area (Å²) in [5.74, 6) is -0.647. The lowest BCUT2D eigenvalue weighted by Crippen LogP contribution is -2.37. The average molecular weight is 397 g/mol. The van der Waals surface area contributed by atoms with Crippen molar-refractivity contribution in [2.75, 3.05) is 30.8 Å². The van der Waals surface area contributed by atoms with Crippen LogP contribution in [0.3, 0.4) is 0 Å². The van der Waals surface area contributed by atoms with E-state index in [1.54, 1.807) is 49.4 Å². The number of methoxy groups -OCH3 is 1. The molecule has 1 saturated heterocycles. The summed E-state index contributed by atoms with van der Waals surface area (Å²) >= 11 is 0. The molecule has 0 aromatic heterocycles. The summed E-state index contributed by atoms with van der Waals surface area (Å²) in [6, 6.07) is 13.2. The highest BCUT2D eigenvalue weighted by molar-refractivity contribution is 6.05. The van der Waals surface area contributed by atoms with Gasteiger partial charge in [0.2, 0.25) is 0 Å². The summed E-state index contributed by atoms with van der Waals surface area (Å²) in [7, 11) is 1.53. The normalized spacial score (nSPS) is 18.2. The van der Waals surface area contributed by atoms with Gasteiger partial charge in [-0.25, -0.2) is 4.79 Å². The minimum atomic E-state index is -0.919. The number of aliphatic carboxylic acids is 1. The van der Waals surface area contributed by atoms with Crippen molar-refractivity contribution in [2.24, 2.45) is 5.41 Å². The molecule has 3 rings (SSSR count). The highest BCUT2D eigenvalue weighted by Crippen LogP contribution is 2.30. The van der Waals surface area contributed by atoms with Gasteiger partial charge in [0.1, 0.15) is 5.75 Å². The molecule has 8 nitrogen and oxygen atoms in total. The molecule has 1 atom stereocenters. The number of carboxylic acid groups (broad SMARTS) is 1. The number of urea groups is 1. The molecular weight excluding hydrogens is 374 g/mol. The molecule has 2 aromatic rings. The van der Waals surface area contributed by atoms with Crippen LogP contribution in [0.1, 0.15) is 23.7 Å². The summed E-state index contributed by atoms with van der Waals surface area (Å²) in [6.07, 6.45) is 0.414. The Bertz CT molecular complexity index is 928. The molecular formula is C21H23N3O5. The molecule has 1 heterocycles. The molecule has 1 fully saturated rings. The molecule has 3 N–H and O–H groups in total. The number of likely N-dealkylation sites (tertiary alicyclic amines) is 1. The number of nitrogens with zero attached hydrogens (tertiary/aromatic N) is 1. The fraction of sp³-hybridized carbons (Fsp3) is 0.286. The van der Waals surface area contributed by atoms with Gasteiger partial charge >= 0.3 is 12.0 Å². The van der Waals surface area contributed by atoms with Crippen LogP contribution in [0, 0.1) is 5.41 Å². The third-order valence-corrected chi connectivity index (χ3v) is 5.03. The lowest BCUT2D eigenvalue weighted by Gasteiger charge is -2.20. The third kappa shape index (κ3) is 4.48. The number of para-hydroxylation sites is 2. The van der Waals surface area contributed by atoms with E-state index in [-0.39, 0.29) is 18.5 Å². The molecule has 0 bridgehead atoms. The van der Waals surface area contributed by atoms with Crippen molar-refractivity contribution in [3.8, 4) is 5.75 Å². The van der Waals surface area contributed by atoms with Crippen molar-refractivity contribution in [2.45, 2.75) is 13.3 Å². The smallest absolute Gasteiger partial charge is 0.321 e. The van der Waals surface area contributed by atoms with Gasteiger partial charge in [-0.05, 0) is 49.7 Å². The van der Waals surface area contributed by atoms with Crippen LogP contribution >= 0.6 is 0 Å². The van der Waals surface area contributed by atoms with Crippen LogP contribution in [0.4, 0.5) is 16.2 Å². The molecule has 1 unspecified atom stereocenters. The Morgan fingerprint density at radius 2 is 1.76 bits per heavy atom. The molecule has 0 radical (unpaired) electrons. The highest BCUT2D eigenvalue weighted by Gasteiger charge is 2.42. The highest BCUT2D eigenvalue weighted by atomic mass is 16.5. The minimum absolute atomic E-state index is 0.160. The Morgan fingerprint density at radius 1 is 1.07 bits per heavy atom. The molecule has 1 aliphatic heterocycles. The van der Waals surface area contributed by atoms with E-state index in [1.807, 2.05) is 6.07 Å². The fourth-order valence-corrected chi connectivity index (χ4v) is 3.16. The van der Waals surface area contributed by atoms with Crippen molar-refractivity contribution in [1.29, 1.82) is 0 Å². The monoisotopic (exact) mass is 397 g/mol. The van der Waals surface area contributed by atoms with Crippen LogP contribution in [-0.4, -0.2) is 48.1 Å². The van der Waals surface area contributed by atoms with Crippen LogP contribution in [0.25, 0.3) is 0 Å². The number of carboxylic acids is 1. The number of ether oxygens (including phenoxy) is 1. The largest absolute Gasteiger partial charge is 0.495 e. The Labute approximate surface area is 168 Å². The number of carbonyl (C=O) groups excluding carboxylic acids is 2. The number of amides is 3. The van der Waals surface area contributed by atoms with Crippen molar-refractivity contribution in [1.82, 2.24) is 4.90 Å². The zero-order valence-corrected chi connectivity index (χ0v) is 16.3. The summed E-state index contributed by atoms with van der Waals surface area (Å²) in [4.78, 5) is 37.6. The molecule has 1 aliphatic rings. The second-order valence-electron chi connectivity index (χ2n) is 7.20. The zero-order chi connectivity index (χ0) is 21.0. The molecule has 0 saturated carbocycles. The number of nitrogens with one attached hydrogen (secondary N) is 2. The first-order valence-electron chi connectivity index (χ1n) is 9.16. The number of anilines is 2. The standard InChI is InChI=1S/C21H23N3O5/c1-21(19(26)27)11-12-24(13-21)20(28)22-15-9-7-14(8-10-15)18(25)23-16-5-3-4-6-17(16)29-2/h3-10H,11-13H2,1-2H3,(H,22,28)(H,23,25)(H,26,27). The predicted molar refractivity (Wildman–Crippen MR) is 108 cm³/mol. The maximum Gasteiger partial charge on any atom is 0.321 e. The van der Waals surface area contributed by atoms with E-state index in [0.29, 0.717) is 35.7 Å². The van der Waals surface area contributed by atoms with Gasteiger partial charge < -0.3 is 25.4 Å². The minimum Gasteiger partial charge on any atom is -0.495 e. The van der Waals surface area contributed by atoms with Crippen LogP contribution in [0.15, 0.2) is 48.5 Å². The Hall–Kier alpha value is -3.55. The van der Waals surface area contributed by atoms with E-state index in [4.69, 9.17) is 4.74 Å². The van der Waals surface area contributed by atoms with E-state index in [2.05, 4.69) is 10.6 Å². The zero-order valence-electron chi connectivity index (χ0n) is 16.3. The average Bonchev–Trinajstić information content (AvgIpc) is 3.13. The van der Waals surface area contributed by atoms with Crippen LogP contribution < -0.4 is 15.4 Å². The number of benzene rings is 2. The van der Waals surface area contributed by atoms with Crippen LogP contribution in [-0.2, 0) is 4.79 Å². The van der Waals surface area contributed by atoms with Gasteiger partial charge in [-0.2, -0.15) is 0 Å². The first-order valence-corrected chi connectivity index (χ1v) is 9.16. The molecule has 8 heteroatoms. The van der Waals surface area contributed by atoms with Crippen molar-refractivity contribution in [3.05, 3.63) is 54.1 Å². The molecule has 29 heavy (non-hydrogen) atoms. The van der Waals surface area contributed by atoms with E-state index < -0.39 is 11.4 Å². The van der Waals surface area contributed by atoms with Gasteiger partial charge in [0.15, 0.2) is 0 Å². The van der Waals surface area contributed by atoms with E-state index in [0.717, 1.165) is 0 Å². The number of hydrogen-bond donors (Lipinski definition) is 3. The maximum atomic E-state index is 12.4. The number of carbonyl (C=O) groups is 3. The van der Waals surface area contributed by atoms with Gasteiger partial charge in [0, 0.05) is 24.3 Å². The van der Waals surface area contributed by atoms with Crippen LogP contribution in [0.5, 0.6) is 5.75 Å². The van der Waals surface area contributed by atoms with Crippen molar-refractivity contribution in [3.63, 3.8) is 0 Å². The third-order valence-electron chi connectivity index (χ3n) is 5.03. The first kappa shape index (κ1) is 20.2. The number of hydrogen-bond acceptors (Lipinski definition) is 4. The van der Waals surface area contributed by atoms with E-state index in [1.165, 1.54) is 12.0 Å². The maximum absolute atomic E-state index is 12.4. The molecule has 0 aliphatic carbocycles. The summed E-state index contributed by atoms with van der Waals surface area (Å²) in [5, 5.41) is 14.8. The first-order chi connectivity index (χ1) is 13.8. The second kappa shape index (κ2) is 8.22. The Balaban J connectivity index is 1.61. The van der Waals surface area contributed by atoms with E-state index in [9.17, 15) is 19.5 Å². The van der Waals surface area contributed by atoms with Crippen molar-refractivity contribution >= 4 is 29.3 Å². The second-order valence-corrected chi connectivity index (χ2v) is 7.20. The fourth-order valence-electron chi connectivity index (χ4n) is 3.16. The summed E-state index contributed by atoms with van der Waals surface area (Å²) in [6.45, 7) is 2.18. The molecule has 2 aromatic carbocycles. The topological polar surface area (TPSA) is 108 Å². The molecule has 0 spiro atoms. The van der Waals surface area contributed by atoms with Crippen molar-refractivity contribution < 1.29 is 24.2 Å². The van der Waals surface area contributed by atoms with Crippen LogP contribution in [0.2, 0.25) is 0 Å². The van der Waals surface area contributed by atoms with E-state index >= 15 is 0 Å². The Morgan fingerprint density at radius 3 is 2.38 bits per heavy atom. The summed E-state index contributed by atoms with van der Waals surface area (Å²) < 4.78 is 5.22. The Kier molecular flexibility index (Phi) is 5.72. The predicted octanol–water partition coefficient (Wildman–Crippen LogP) is 3.28. The van der Waals surface area contributed by atoms with Gasteiger partial charge in [-0.15, -0.1) is 0 Å². The van der Waals surface area contributed by atoms with Gasteiger partial charge in [-0.1, -0.05) is 12.1 Å².